The molecule has 1 fully saturated rings. The van der Waals surface area contributed by atoms with Crippen LogP contribution in [0.3, 0.4) is 0 Å². The fourth-order valence-electron chi connectivity index (χ4n) is 3.92. The number of nitrogens with zero attached hydrogens (tertiary/aromatic N) is 1. The summed E-state index contributed by atoms with van der Waals surface area (Å²) in [6.07, 6.45) is 10.2. The molecule has 3 rings (SSSR count). The smallest absolute Gasteiger partial charge is 0.115 e. The summed E-state index contributed by atoms with van der Waals surface area (Å²) < 4.78 is 0. The van der Waals surface area contributed by atoms with Gasteiger partial charge in [-0.1, -0.05) is 96.2 Å². The molecule has 0 saturated carbocycles. The van der Waals surface area contributed by atoms with E-state index in [1.54, 1.807) is 10.4 Å². The Bertz CT molecular complexity index is 605. The normalized spacial score (nSPS) is 16.4. The Balaban J connectivity index is 1.64. The van der Waals surface area contributed by atoms with Crippen molar-refractivity contribution in [1.29, 1.82) is 0 Å². The molecule has 0 atom stereocenters. The highest BCUT2D eigenvalue weighted by atomic mass is 28.3. The number of rotatable bonds is 7. The predicted octanol–water partition coefficient (Wildman–Crippen LogP) is 4.31. The van der Waals surface area contributed by atoms with Crippen LogP contribution in [0.2, 0.25) is 12.6 Å². The van der Waals surface area contributed by atoms with Crippen molar-refractivity contribution >= 4 is 18.4 Å². The molecule has 0 spiro atoms. The first-order chi connectivity index (χ1) is 12.3. The Morgan fingerprint density at radius 1 is 0.800 bits per heavy atom. The maximum absolute atomic E-state index is 2.59. The lowest BCUT2D eigenvalue weighted by Crippen LogP contribution is -2.55. The first-order valence-corrected chi connectivity index (χ1v) is 12.5. The molecule has 1 aliphatic rings. The standard InChI is InChI=1S/C23H31NSi/c1-25(22-14-6-2-7-15-22,23-16-8-3-9-17-23)21-13-5-12-20-24-18-10-4-11-19-24/h2-3,5-9,12,14-17H,4,10-11,13,18-21H2,1H3. The van der Waals surface area contributed by atoms with E-state index >= 15 is 0 Å². The van der Waals surface area contributed by atoms with E-state index in [9.17, 15) is 0 Å². The minimum Gasteiger partial charge on any atom is -0.300 e. The van der Waals surface area contributed by atoms with E-state index in [2.05, 4.69) is 84.3 Å². The van der Waals surface area contributed by atoms with Crippen LogP contribution in [0.1, 0.15) is 25.7 Å². The van der Waals surface area contributed by atoms with E-state index in [-0.39, 0.29) is 0 Å². The monoisotopic (exact) mass is 349 g/mol. The SMILES string of the molecule is C[Si](CCC=CCN1CCCCC1)(c1ccccc1)c1ccccc1. The van der Waals surface area contributed by atoms with Crippen LogP contribution in [0, 0.1) is 0 Å². The average Bonchev–Trinajstić information content (AvgIpc) is 2.70. The summed E-state index contributed by atoms with van der Waals surface area (Å²) >= 11 is 0. The third-order valence-electron chi connectivity index (χ3n) is 5.61. The third kappa shape index (κ3) is 4.93. The number of hydrogen-bond acceptors (Lipinski definition) is 1. The van der Waals surface area contributed by atoms with Crippen LogP contribution in [0.15, 0.2) is 72.8 Å². The Labute approximate surface area is 154 Å². The molecule has 2 aromatic rings. The van der Waals surface area contributed by atoms with Gasteiger partial charge in [-0.3, -0.25) is 4.90 Å². The fourth-order valence-corrected chi connectivity index (χ4v) is 7.43. The molecule has 1 saturated heterocycles. The van der Waals surface area contributed by atoms with Crippen molar-refractivity contribution in [1.82, 2.24) is 4.90 Å². The van der Waals surface area contributed by atoms with Crippen molar-refractivity contribution in [2.24, 2.45) is 0 Å². The highest BCUT2D eigenvalue weighted by Gasteiger charge is 2.30. The largest absolute Gasteiger partial charge is 0.300 e. The first kappa shape index (κ1) is 18.2. The molecule has 0 aliphatic carbocycles. The minimum absolute atomic E-state index is 1.13. The summed E-state index contributed by atoms with van der Waals surface area (Å²) in [7, 11) is -1.66. The minimum atomic E-state index is -1.66. The summed E-state index contributed by atoms with van der Waals surface area (Å²) in [6, 6.07) is 23.6. The van der Waals surface area contributed by atoms with E-state index in [0.29, 0.717) is 0 Å². The van der Waals surface area contributed by atoms with Crippen molar-refractivity contribution in [2.75, 3.05) is 19.6 Å². The van der Waals surface area contributed by atoms with Crippen molar-refractivity contribution < 1.29 is 0 Å². The van der Waals surface area contributed by atoms with Gasteiger partial charge in [0.2, 0.25) is 0 Å². The van der Waals surface area contributed by atoms with Crippen LogP contribution in [-0.2, 0) is 0 Å². The Morgan fingerprint density at radius 3 is 1.92 bits per heavy atom. The van der Waals surface area contributed by atoms with Gasteiger partial charge in [-0.25, -0.2) is 0 Å². The molecule has 1 aliphatic heterocycles. The summed E-state index contributed by atoms with van der Waals surface area (Å²) in [5.74, 6) is 0. The second-order valence-corrected chi connectivity index (χ2v) is 11.8. The molecule has 1 nitrogen and oxygen atoms in total. The van der Waals surface area contributed by atoms with E-state index in [1.807, 2.05) is 0 Å². The van der Waals surface area contributed by atoms with Crippen molar-refractivity contribution in [2.45, 2.75) is 38.3 Å². The highest BCUT2D eigenvalue weighted by Crippen LogP contribution is 2.15. The highest BCUT2D eigenvalue weighted by molar-refractivity contribution is 7.01. The van der Waals surface area contributed by atoms with Crippen LogP contribution < -0.4 is 10.4 Å². The molecule has 0 unspecified atom stereocenters. The first-order valence-electron chi connectivity index (χ1n) is 9.77. The lowest BCUT2D eigenvalue weighted by Gasteiger charge is -2.28. The van der Waals surface area contributed by atoms with Crippen LogP contribution in [0.4, 0.5) is 0 Å². The zero-order valence-corrected chi connectivity index (χ0v) is 16.5. The molecule has 0 bridgehead atoms. The molecule has 0 N–H and O–H groups in total. The summed E-state index contributed by atoms with van der Waals surface area (Å²) in [6.45, 7) is 6.22. The molecule has 0 aromatic heterocycles. The molecule has 2 heteroatoms. The van der Waals surface area contributed by atoms with E-state index in [4.69, 9.17) is 0 Å². The lowest BCUT2D eigenvalue weighted by atomic mass is 10.1. The van der Waals surface area contributed by atoms with Crippen LogP contribution >= 0.6 is 0 Å². The molecule has 25 heavy (non-hydrogen) atoms. The van der Waals surface area contributed by atoms with E-state index < -0.39 is 8.07 Å². The third-order valence-corrected chi connectivity index (χ3v) is 10.1. The van der Waals surface area contributed by atoms with Crippen molar-refractivity contribution in [3.63, 3.8) is 0 Å². The van der Waals surface area contributed by atoms with Gasteiger partial charge in [0.15, 0.2) is 0 Å². The molecule has 0 amide bonds. The molecule has 1 heterocycles. The number of allylic oxidation sites excluding steroid dienone is 1. The van der Waals surface area contributed by atoms with Gasteiger partial charge in [-0.05, 0) is 38.4 Å². The molecular formula is C23H31NSi. The van der Waals surface area contributed by atoms with Crippen LogP contribution in [0.25, 0.3) is 0 Å². The molecule has 0 radical (unpaired) electrons. The van der Waals surface area contributed by atoms with Gasteiger partial charge in [0.1, 0.15) is 8.07 Å². The van der Waals surface area contributed by atoms with Crippen molar-refractivity contribution in [3.05, 3.63) is 72.8 Å². The van der Waals surface area contributed by atoms with Crippen LogP contribution in [-0.4, -0.2) is 32.6 Å². The quantitative estimate of drug-likeness (QED) is 0.532. The Kier molecular flexibility index (Phi) is 6.66. The van der Waals surface area contributed by atoms with Gasteiger partial charge >= 0.3 is 0 Å². The van der Waals surface area contributed by atoms with E-state index in [1.165, 1.54) is 44.8 Å². The topological polar surface area (TPSA) is 3.24 Å². The predicted molar refractivity (Wildman–Crippen MR) is 113 cm³/mol. The number of hydrogen-bond donors (Lipinski definition) is 0. The average molecular weight is 350 g/mol. The Hall–Kier alpha value is -1.64. The second-order valence-electron chi connectivity index (χ2n) is 7.44. The lowest BCUT2D eigenvalue weighted by molar-refractivity contribution is 0.251. The van der Waals surface area contributed by atoms with Gasteiger partial charge in [0.05, 0.1) is 0 Å². The maximum Gasteiger partial charge on any atom is 0.115 e. The van der Waals surface area contributed by atoms with Gasteiger partial charge < -0.3 is 0 Å². The number of likely N-dealkylation sites (tertiary alicyclic amines) is 1. The zero-order valence-electron chi connectivity index (χ0n) is 15.5. The molecule has 2 aromatic carbocycles. The summed E-state index contributed by atoms with van der Waals surface area (Å²) in [5.41, 5.74) is 0. The van der Waals surface area contributed by atoms with Crippen molar-refractivity contribution in [3.8, 4) is 0 Å². The van der Waals surface area contributed by atoms with Crippen LogP contribution in [0.5, 0.6) is 0 Å². The van der Waals surface area contributed by atoms with Gasteiger partial charge in [0.25, 0.3) is 0 Å². The fraction of sp³-hybridized carbons (Fsp3) is 0.391. The number of benzene rings is 2. The molecular weight excluding hydrogens is 318 g/mol. The summed E-state index contributed by atoms with van der Waals surface area (Å²) in [4.78, 5) is 2.59. The maximum atomic E-state index is 2.59. The van der Waals surface area contributed by atoms with Gasteiger partial charge in [-0.2, -0.15) is 0 Å². The summed E-state index contributed by atoms with van der Waals surface area (Å²) in [5, 5.41) is 3.09. The van der Waals surface area contributed by atoms with Gasteiger partial charge in [0, 0.05) is 6.54 Å². The number of piperidine rings is 1. The van der Waals surface area contributed by atoms with E-state index in [0.717, 1.165) is 6.54 Å². The zero-order chi connectivity index (χ0) is 17.4. The van der Waals surface area contributed by atoms with Gasteiger partial charge in [-0.15, -0.1) is 0 Å². The molecule has 132 valence electrons. The second kappa shape index (κ2) is 9.16. The Morgan fingerprint density at radius 2 is 1.36 bits per heavy atom.